The van der Waals surface area contributed by atoms with Crippen LogP contribution in [0.4, 0.5) is 5.82 Å². The number of hydrogen-bond donors (Lipinski definition) is 1. The summed E-state index contributed by atoms with van der Waals surface area (Å²) < 4.78 is 3.97. The number of rotatable bonds is 5. The molecular formula is C13H22ClN5. The second-order valence-corrected chi connectivity index (χ2v) is 4.46. The molecule has 0 aliphatic carbocycles. The molecule has 2 aromatic heterocycles. The zero-order valence-electron chi connectivity index (χ0n) is 12.0. The van der Waals surface area contributed by atoms with Crippen LogP contribution < -0.4 is 5.32 Å². The van der Waals surface area contributed by atoms with E-state index in [2.05, 4.69) is 49.4 Å². The first-order valence-electron chi connectivity index (χ1n) is 6.44. The molecular weight excluding hydrogens is 262 g/mol. The van der Waals surface area contributed by atoms with Crippen LogP contribution in [0.2, 0.25) is 0 Å². The normalized spacial score (nSPS) is 10.3. The number of hydrogen-bond acceptors (Lipinski definition) is 3. The van der Waals surface area contributed by atoms with Crippen molar-refractivity contribution in [1.29, 1.82) is 0 Å². The second-order valence-electron chi connectivity index (χ2n) is 4.46. The second kappa shape index (κ2) is 6.61. The summed E-state index contributed by atoms with van der Waals surface area (Å²) in [4.78, 5) is 0. The van der Waals surface area contributed by atoms with Gasteiger partial charge in [-0.15, -0.1) is 12.4 Å². The van der Waals surface area contributed by atoms with Crippen LogP contribution >= 0.6 is 12.4 Å². The molecule has 0 aliphatic heterocycles. The lowest BCUT2D eigenvalue weighted by atomic mass is 10.2. The molecule has 0 bridgehead atoms. The fourth-order valence-electron chi connectivity index (χ4n) is 2.03. The Morgan fingerprint density at radius 1 is 1.16 bits per heavy atom. The van der Waals surface area contributed by atoms with E-state index in [1.807, 2.05) is 15.6 Å². The minimum atomic E-state index is 0. The van der Waals surface area contributed by atoms with Crippen molar-refractivity contribution >= 4 is 18.2 Å². The van der Waals surface area contributed by atoms with E-state index < -0.39 is 0 Å². The van der Waals surface area contributed by atoms with Gasteiger partial charge >= 0.3 is 0 Å². The van der Waals surface area contributed by atoms with E-state index in [4.69, 9.17) is 0 Å². The van der Waals surface area contributed by atoms with Gasteiger partial charge in [-0.2, -0.15) is 10.2 Å². The summed E-state index contributed by atoms with van der Waals surface area (Å²) >= 11 is 0. The summed E-state index contributed by atoms with van der Waals surface area (Å²) in [5.74, 6) is 0.958. The van der Waals surface area contributed by atoms with E-state index in [-0.39, 0.29) is 12.4 Å². The molecule has 2 aromatic rings. The van der Waals surface area contributed by atoms with Gasteiger partial charge in [-0.25, -0.2) is 0 Å². The summed E-state index contributed by atoms with van der Waals surface area (Å²) in [5.41, 5.74) is 3.62. The average Bonchev–Trinajstić information content (AvgIpc) is 2.90. The van der Waals surface area contributed by atoms with Gasteiger partial charge in [-0.1, -0.05) is 0 Å². The first kappa shape index (κ1) is 15.6. The standard InChI is InChI=1S/C13H21N5.ClH/c1-5-17-9-11(4)13(16-17)14-8-12-10(3)7-15-18(12)6-2;/h7,9H,5-6,8H2,1-4H3,(H,14,16);1H. The maximum atomic E-state index is 4.49. The molecule has 0 atom stereocenters. The Labute approximate surface area is 120 Å². The third-order valence-electron chi connectivity index (χ3n) is 3.15. The monoisotopic (exact) mass is 283 g/mol. The first-order chi connectivity index (χ1) is 8.65. The molecule has 2 heterocycles. The van der Waals surface area contributed by atoms with Gasteiger partial charge in [0.25, 0.3) is 0 Å². The van der Waals surface area contributed by atoms with Crippen molar-refractivity contribution in [2.24, 2.45) is 0 Å². The van der Waals surface area contributed by atoms with Crippen molar-refractivity contribution in [1.82, 2.24) is 19.6 Å². The zero-order valence-corrected chi connectivity index (χ0v) is 12.8. The van der Waals surface area contributed by atoms with Crippen molar-refractivity contribution in [2.45, 2.75) is 47.3 Å². The minimum Gasteiger partial charge on any atom is -0.363 e. The number of halogens is 1. The fourth-order valence-corrected chi connectivity index (χ4v) is 2.03. The van der Waals surface area contributed by atoms with E-state index >= 15 is 0 Å². The highest BCUT2D eigenvalue weighted by atomic mass is 35.5. The summed E-state index contributed by atoms with van der Waals surface area (Å²) in [6.45, 7) is 10.9. The van der Waals surface area contributed by atoms with Gasteiger partial charge in [0.2, 0.25) is 0 Å². The van der Waals surface area contributed by atoms with E-state index in [9.17, 15) is 0 Å². The number of nitrogens with zero attached hydrogens (tertiary/aromatic N) is 4. The highest BCUT2D eigenvalue weighted by molar-refractivity contribution is 5.85. The smallest absolute Gasteiger partial charge is 0.151 e. The number of anilines is 1. The summed E-state index contributed by atoms with van der Waals surface area (Å²) in [6, 6.07) is 0. The molecule has 19 heavy (non-hydrogen) atoms. The number of nitrogens with one attached hydrogen (secondary N) is 1. The van der Waals surface area contributed by atoms with E-state index in [0.29, 0.717) is 0 Å². The predicted octanol–water partition coefficient (Wildman–Crippen LogP) is 2.77. The molecule has 0 spiro atoms. The maximum absolute atomic E-state index is 4.49. The highest BCUT2D eigenvalue weighted by Crippen LogP contribution is 2.14. The lowest BCUT2D eigenvalue weighted by molar-refractivity contribution is 0.624. The van der Waals surface area contributed by atoms with Gasteiger partial charge in [0.15, 0.2) is 5.82 Å². The van der Waals surface area contributed by atoms with Gasteiger partial charge in [0, 0.05) is 24.8 Å². The summed E-state index contributed by atoms with van der Waals surface area (Å²) in [5, 5.41) is 12.2. The quantitative estimate of drug-likeness (QED) is 0.918. The Hall–Kier alpha value is -1.49. The zero-order chi connectivity index (χ0) is 13.1. The Morgan fingerprint density at radius 2 is 1.89 bits per heavy atom. The fraction of sp³-hybridized carbons (Fsp3) is 0.538. The molecule has 0 radical (unpaired) electrons. The van der Waals surface area contributed by atoms with E-state index in [1.165, 1.54) is 16.8 Å². The lowest BCUT2D eigenvalue weighted by Crippen LogP contribution is -2.10. The first-order valence-corrected chi connectivity index (χ1v) is 6.44. The Bertz CT molecular complexity index is 529. The number of aromatic nitrogens is 4. The SMILES string of the molecule is CCn1cc(C)c(NCc2c(C)cnn2CC)n1.Cl. The largest absolute Gasteiger partial charge is 0.363 e. The van der Waals surface area contributed by atoms with Crippen molar-refractivity contribution in [2.75, 3.05) is 5.32 Å². The van der Waals surface area contributed by atoms with Gasteiger partial charge in [0.05, 0.1) is 18.4 Å². The van der Waals surface area contributed by atoms with Crippen LogP contribution in [0.5, 0.6) is 0 Å². The maximum Gasteiger partial charge on any atom is 0.151 e. The Kier molecular flexibility index (Phi) is 5.42. The lowest BCUT2D eigenvalue weighted by Gasteiger charge is -2.08. The summed E-state index contributed by atoms with van der Waals surface area (Å²) in [7, 11) is 0. The highest BCUT2D eigenvalue weighted by Gasteiger charge is 2.08. The Balaban J connectivity index is 0.00000180. The van der Waals surface area contributed by atoms with Gasteiger partial charge in [-0.3, -0.25) is 9.36 Å². The molecule has 6 heteroatoms. The van der Waals surface area contributed by atoms with Gasteiger partial charge in [0.1, 0.15) is 0 Å². The predicted molar refractivity (Wildman–Crippen MR) is 79.9 cm³/mol. The molecule has 106 valence electrons. The van der Waals surface area contributed by atoms with Crippen LogP contribution in [0.25, 0.3) is 0 Å². The topological polar surface area (TPSA) is 47.7 Å². The molecule has 0 aromatic carbocycles. The van der Waals surface area contributed by atoms with Crippen LogP contribution in [-0.2, 0) is 19.6 Å². The molecule has 1 N–H and O–H groups in total. The number of aryl methyl sites for hydroxylation is 4. The molecule has 0 fully saturated rings. The molecule has 0 amide bonds. The van der Waals surface area contributed by atoms with Gasteiger partial charge < -0.3 is 5.32 Å². The van der Waals surface area contributed by atoms with Crippen LogP contribution in [0, 0.1) is 13.8 Å². The van der Waals surface area contributed by atoms with E-state index in [0.717, 1.165) is 25.5 Å². The van der Waals surface area contributed by atoms with Crippen LogP contribution in [0.1, 0.15) is 30.7 Å². The van der Waals surface area contributed by atoms with Gasteiger partial charge in [-0.05, 0) is 33.3 Å². The van der Waals surface area contributed by atoms with Crippen LogP contribution in [0.3, 0.4) is 0 Å². The molecule has 0 unspecified atom stereocenters. The third kappa shape index (κ3) is 3.29. The van der Waals surface area contributed by atoms with Crippen molar-refractivity contribution in [3.8, 4) is 0 Å². The van der Waals surface area contributed by atoms with E-state index in [1.54, 1.807) is 0 Å². The summed E-state index contributed by atoms with van der Waals surface area (Å²) in [6.07, 6.45) is 3.98. The molecule has 2 rings (SSSR count). The van der Waals surface area contributed by atoms with Crippen LogP contribution in [0.15, 0.2) is 12.4 Å². The molecule has 5 nitrogen and oxygen atoms in total. The minimum absolute atomic E-state index is 0. The molecule has 0 saturated heterocycles. The average molecular weight is 284 g/mol. The molecule has 0 aliphatic rings. The van der Waals surface area contributed by atoms with Crippen molar-refractivity contribution < 1.29 is 0 Å². The third-order valence-corrected chi connectivity index (χ3v) is 3.15. The van der Waals surface area contributed by atoms with Crippen molar-refractivity contribution in [3.05, 3.63) is 29.2 Å². The molecule has 0 saturated carbocycles. The Morgan fingerprint density at radius 3 is 2.47 bits per heavy atom. The van der Waals surface area contributed by atoms with Crippen LogP contribution in [-0.4, -0.2) is 19.6 Å². The van der Waals surface area contributed by atoms with Crippen molar-refractivity contribution in [3.63, 3.8) is 0 Å².